The highest BCUT2D eigenvalue weighted by atomic mass is 16.7. The number of methoxy groups -OCH3 is 1. The number of carbonyl (C=O) groups is 1. The summed E-state index contributed by atoms with van der Waals surface area (Å²) < 4.78 is 19.5. The highest BCUT2D eigenvalue weighted by Gasteiger charge is 2.37. The molecule has 0 radical (unpaired) electrons. The van der Waals surface area contributed by atoms with Gasteiger partial charge < -0.3 is 29.2 Å². The van der Waals surface area contributed by atoms with Crippen molar-refractivity contribution in [2.75, 3.05) is 20.3 Å². The Labute approximate surface area is 99.2 Å². The van der Waals surface area contributed by atoms with Crippen LogP contribution in [0.25, 0.3) is 0 Å². The van der Waals surface area contributed by atoms with Gasteiger partial charge in [0.2, 0.25) is 0 Å². The van der Waals surface area contributed by atoms with E-state index in [0.717, 1.165) is 0 Å². The lowest BCUT2D eigenvalue weighted by Crippen LogP contribution is -2.50. The molecule has 17 heavy (non-hydrogen) atoms. The van der Waals surface area contributed by atoms with Crippen molar-refractivity contribution in [3.63, 3.8) is 0 Å². The molecule has 4 atom stereocenters. The molecule has 0 aromatic heterocycles. The summed E-state index contributed by atoms with van der Waals surface area (Å²) in [5.41, 5.74) is 0. The Morgan fingerprint density at radius 3 is 2.71 bits per heavy atom. The van der Waals surface area contributed by atoms with Gasteiger partial charge in [-0.25, -0.2) is 4.79 Å². The first-order chi connectivity index (χ1) is 8.08. The zero-order valence-corrected chi connectivity index (χ0v) is 9.87. The lowest BCUT2D eigenvalue weighted by atomic mass is 10.0. The van der Waals surface area contributed by atoms with Crippen LogP contribution in [-0.2, 0) is 18.9 Å². The van der Waals surface area contributed by atoms with Gasteiger partial charge in [0.1, 0.15) is 18.8 Å². The summed E-state index contributed by atoms with van der Waals surface area (Å²) in [5.74, 6) is 0. The molecule has 0 aliphatic carbocycles. The average Bonchev–Trinajstić information content (AvgIpc) is 2.31. The number of aliphatic hydroxyl groups is 2. The second-order valence-electron chi connectivity index (χ2n) is 3.63. The van der Waals surface area contributed by atoms with E-state index in [0.29, 0.717) is 0 Å². The highest BCUT2D eigenvalue weighted by Crippen LogP contribution is 2.21. The normalized spacial score (nSPS) is 33.2. The Morgan fingerprint density at radius 1 is 1.41 bits per heavy atom. The molecule has 7 nitrogen and oxygen atoms in total. The quantitative estimate of drug-likeness (QED) is 0.658. The largest absolute Gasteiger partial charge is 0.508 e. The second-order valence-corrected chi connectivity index (χ2v) is 3.63. The SMILES string of the molecule is CCOC(=O)OC[C@H]1O[C@@H](OC)C[C@@H](O)[C@@H]1O. The molecule has 7 heteroatoms. The molecular formula is C10H18O7. The smallest absolute Gasteiger partial charge is 0.435 e. The summed E-state index contributed by atoms with van der Waals surface area (Å²) >= 11 is 0. The van der Waals surface area contributed by atoms with Gasteiger partial charge in [-0.05, 0) is 6.92 Å². The number of rotatable bonds is 4. The summed E-state index contributed by atoms with van der Waals surface area (Å²) in [6.45, 7) is 1.66. The zero-order chi connectivity index (χ0) is 12.8. The van der Waals surface area contributed by atoms with Crippen LogP contribution in [0, 0.1) is 0 Å². The van der Waals surface area contributed by atoms with Crippen LogP contribution in [-0.4, -0.2) is 61.3 Å². The summed E-state index contributed by atoms with van der Waals surface area (Å²) in [6.07, 6.45) is -4.19. The van der Waals surface area contributed by atoms with Crippen LogP contribution in [0.2, 0.25) is 0 Å². The standard InChI is InChI=1S/C10H18O7/c1-3-15-10(13)16-5-7-9(12)6(11)4-8(14-2)17-7/h6-9,11-12H,3-5H2,1-2H3/t6-,7-,8-,9+/m1/s1. The number of hydrogen-bond donors (Lipinski definition) is 2. The Bertz CT molecular complexity index is 245. The van der Waals surface area contributed by atoms with Crippen molar-refractivity contribution in [2.24, 2.45) is 0 Å². The minimum absolute atomic E-state index is 0.174. The molecule has 0 spiro atoms. The molecule has 1 rings (SSSR count). The fourth-order valence-corrected chi connectivity index (χ4v) is 1.51. The van der Waals surface area contributed by atoms with E-state index in [2.05, 4.69) is 4.74 Å². The first-order valence-corrected chi connectivity index (χ1v) is 5.42. The summed E-state index contributed by atoms with van der Waals surface area (Å²) in [5, 5.41) is 19.2. The van der Waals surface area contributed by atoms with E-state index < -0.39 is 30.8 Å². The van der Waals surface area contributed by atoms with Gasteiger partial charge in [-0.3, -0.25) is 0 Å². The van der Waals surface area contributed by atoms with Crippen molar-refractivity contribution in [1.29, 1.82) is 0 Å². The second kappa shape index (κ2) is 6.75. The Morgan fingerprint density at radius 2 is 2.12 bits per heavy atom. The van der Waals surface area contributed by atoms with E-state index in [1.807, 2.05) is 0 Å². The van der Waals surface area contributed by atoms with E-state index >= 15 is 0 Å². The monoisotopic (exact) mass is 250 g/mol. The molecule has 100 valence electrons. The van der Waals surface area contributed by atoms with Gasteiger partial charge in [0, 0.05) is 13.5 Å². The van der Waals surface area contributed by atoms with Crippen LogP contribution in [0.3, 0.4) is 0 Å². The fourth-order valence-electron chi connectivity index (χ4n) is 1.51. The number of ether oxygens (including phenoxy) is 4. The molecule has 0 aromatic rings. The van der Waals surface area contributed by atoms with Crippen molar-refractivity contribution in [3.8, 4) is 0 Å². The van der Waals surface area contributed by atoms with Crippen LogP contribution in [0.5, 0.6) is 0 Å². The maximum absolute atomic E-state index is 10.9. The molecule has 0 aromatic carbocycles. The zero-order valence-electron chi connectivity index (χ0n) is 9.87. The van der Waals surface area contributed by atoms with Crippen LogP contribution in [0.15, 0.2) is 0 Å². The first kappa shape index (κ1) is 14.2. The van der Waals surface area contributed by atoms with Gasteiger partial charge in [-0.15, -0.1) is 0 Å². The van der Waals surface area contributed by atoms with E-state index in [1.54, 1.807) is 6.92 Å². The minimum atomic E-state index is -1.11. The van der Waals surface area contributed by atoms with E-state index in [-0.39, 0.29) is 19.6 Å². The van der Waals surface area contributed by atoms with Gasteiger partial charge in [0.05, 0.1) is 12.7 Å². The predicted molar refractivity (Wildman–Crippen MR) is 55.3 cm³/mol. The Kier molecular flexibility index (Phi) is 5.63. The van der Waals surface area contributed by atoms with Crippen LogP contribution in [0.1, 0.15) is 13.3 Å². The van der Waals surface area contributed by atoms with Crippen molar-refractivity contribution in [3.05, 3.63) is 0 Å². The van der Waals surface area contributed by atoms with Crippen molar-refractivity contribution < 1.29 is 34.0 Å². The third kappa shape index (κ3) is 4.12. The molecule has 0 amide bonds. The van der Waals surface area contributed by atoms with Crippen LogP contribution >= 0.6 is 0 Å². The van der Waals surface area contributed by atoms with Gasteiger partial charge in [0.25, 0.3) is 0 Å². The van der Waals surface area contributed by atoms with Gasteiger partial charge in [-0.1, -0.05) is 0 Å². The van der Waals surface area contributed by atoms with Gasteiger partial charge in [-0.2, -0.15) is 0 Å². The van der Waals surface area contributed by atoms with Crippen LogP contribution < -0.4 is 0 Å². The van der Waals surface area contributed by atoms with E-state index in [1.165, 1.54) is 7.11 Å². The number of carbonyl (C=O) groups excluding carboxylic acids is 1. The number of aliphatic hydroxyl groups excluding tert-OH is 2. The molecule has 0 unspecified atom stereocenters. The first-order valence-electron chi connectivity index (χ1n) is 5.42. The lowest BCUT2D eigenvalue weighted by molar-refractivity contribution is -0.249. The molecule has 1 saturated heterocycles. The maximum atomic E-state index is 10.9. The van der Waals surface area contributed by atoms with Crippen molar-refractivity contribution >= 4 is 6.16 Å². The molecule has 1 aliphatic heterocycles. The Hall–Kier alpha value is -0.890. The fraction of sp³-hybridized carbons (Fsp3) is 0.900. The number of hydrogen-bond acceptors (Lipinski definition) is 7. The molecule has 1 heterocycles. The molecular weight excluding hydrogens is 232 g/mol. The van der Waals surface area contributed by atoms with Crippen molar-refractivity contribution in [2.45, 2.75) is 37.9 Å². The Balaban J connectivity index is 2.41. The van der Waals surface area contributed by atoms with Gasteiger partial charge >= 0.3 is 6.16 Å². The molecule has 1 aliphatic rings. The lowest BCUT2D eigenvalue weighted by Gasteiger charge is -2.35. The third-order valence-electron chi connectivity index (χ3n) is 2.43. The highest BCUT2D eigenvalue weighted by molar-refractivity contribution is 5.59. The minimum Gasteiger partial charge on any atom is -0.435 e. The molecule has 0 saturated carbocycles. The topological polar surface area (TPSA) is 94.5 Å². The molecule has 1 fully saturated rings. The van der Waals surface area contributed by atoms with Gasteiger partial charge in [0.15, 0.2) is 6.29 Å². The van der Waals surface area contributed by atoms with Crippen molar-refractivity contribution in [1.82, 2.24) is 0 Å². The summed E-state index contributed by atoms with van der Waals surface area (Å²) in [6, 6.07) is 0. The molecule has 0 bridgehead atoms. The molecule has 2 N–H and O–H groups in total. The van der Waals surface area contributed by atoms with Crippen LogP contribution in [0.4, 0.5) is 4.79 Å². The summed E-state index contributed by atoms with van der Waals surface area (Å²) in [7, 11) is 1.43. The summed E-state index contributed by atoms with van der Waals surface area (Å²) in [4.78, 5) is 10.9. The predicted octanol–water partition coefficient (Wildman–Crippen LogP) is -0.357. The van der Waals surface area contributed by atoms with E-state index in [9.17, 15) is 15.0 Å². The third-order valence-corrected chi connectivity index (χ3v) is 2.43. The maximum Gasteiger partial charge on any atom is 0.508 e. The van der Waals surface area contributed by atoms with E-state index in [4.69, 9.17) is 14.2 Å². The average molecular weight is 250 g/mol.